The third kappa shape index (κ3) is 14.0. The maximum atomic E-state index is 13.7. The monoisotopic (exact) mass is 839 g/mol. The van der Waals surface area contributed by atoms with Crippen molar-refractivity contribution in [3.63, 3.8) is 0 Å². The van der Waals surface area contributed by atoms with Crippen molar-refractivity contribution in [3.05, 3.63) is 62.5 Å². The normalized spacial score (nSPS) is 14.0. The number of nitrogens with one attached hydrogen (secondary N) is 4. The number of hydrogen-bond acceptors (Lipinski definition) is 10. The zero-order valence-electron chi connectivity index (χ0n) is 35.6. The first-order valence-electron chi connectivity index (χ1n) is 20.1. The van der Waals surface area contributed by atoms with Crippen LogP contribution in [0.2, 0.25) is 5.02 Å². The van der Waals surface area contributed by atoms with Crippen LogP contribution in [0.25, 0.3) is 5.00 Å². The molecule has 0 spiro atoms. The second kappa shape index (κ2) is 21.2. The van der Waals surface area contributed by atoms with Crippen LogP contribution in [-0.2, 0) is 23.9 Å². The summed E-state index contributed by atoms with van der Waals surface area (Å²) in [6, 6.07) is 7.06. The first-order valence-corrected chi connectivity index (χ1v) is 21.3. The maximum Gasteiger partial charge on any atom is 0.223 e. The van der Waals surface area contributed by atoms with E-state index in [9.17, 15) is 19.2 Å². The van der Waals surface area contributed by atoms with Crippen molar-refractivity contribution in [1.82, 2.24) is 40.9 Å². The number of halogens is 1. The number of thiophene rings is 1. The summed E-state index contributed by atoms with van der Waals surface area (Å²) in [5, 5.41) is 22.3. The lowest BCUT2D eigenvalue weighted by atomic mass is 9.98. The minimum absolute atomic E-state index is 0.0133. The molecule has 2 aromatic heterocycles. The second-order valence-electron chi connectivity index (χ2n) is 16.3. The Hall–Kier alpha value is -4.18. The van der Waals surface area contributed by atoms with E-state index in [-0.39, 0.29) is 36.5 Å². The van der Waals surface area contributed by atoms with Crippen LogP contribution < -0.4 is 21.3 Å². The topological polar surface area (TPSA) is 172 Å². The van der Waals surface area contributed by atoms with Crippen LogP contribution in [0.1, 0.15) is 119 Å². The lowest BCUT2D eigenvalue weighted by Gasteiger charge is -2.30. The van der Waals surface area contributed by atoms with Gasteiger partial charge in [-0.25, -0.2) is 0 Å². The average molecular weight is 841 g/mol. The van der Waals surface area contributed by atoms with Gasteiger partial charge in [-0.05, 0) is 112 Å². The highest BCUT2D eigenvalue weighted by Gasteiger charge is 2.33. The number of aliphatic imine (C=N–C) groups is 1. The van der Waals surface area contributed by atoms with E-state index in [0.717, 1.165) is 59.2 Å². The van der Waals surface area contributed by atoms with E-state index < -0.39 is 17.2 Å². The number of carbonyl (C=O) groups is 4. The van der Waals surface area contributed by atoms with Crippen molar-refractivity contribution in [2.24, 2.45) is 4.99 Å². The summed E-state index contributed by atoms with van der Waals surface area (Å²) < 4.78 is 8.29. The van der Waals surface area contributed by atoms with Crippen molar-refractivity contribution < 1.29 is 23.9 Å². The van der Waals surface area contributed by atoms with Crippen LogP contribution in [0.5, 0.6) is 0 Å². The molecule has 1 aliphatic heterocycles. The maximum absolute atomic E-state index is 13.7. The highest BCUT2D eigenvalue weighted by molar-refractivity contribution is 7.15. The lowest BCUT2D eigenvalue weighted by Crippen LogP contribution is -2.45. The van der Waals surface area contributed by atoms with Crippen molar-refractivity contribution >= 4 is 52.3 Å². The fraction of sp³-hybridized carbons (Fsp3) is 0.595. The molecule has 3 aromatic rings. The molecule has 0 unspecified atom stereocenters. The molecule has 4 N–H and O–H groups in total. The molecular weight excluding hydrogens is 778 g/mol. The van der Waals surface area contributed by atoms with Gasteiger partial charge in [-0.2, -0.15) is 0 Å². The number of aromatic nitrogens is 3. The molecule has 0 fully saturated rings. The van der Waals surface area contributed by atoms with Crippen LogP contribution in [-0.4, -0.2) is 107 Å². The number of amides is 4. The molecule has 318 valence electrons. The zero-order chi connectivity index (χ0) is 42.6. The van der Waals surface area contributed by atoms with Gasteiger partial charge >= 0.3 is 0 Å². The van der Waals surface area contributed by atoms with Crippen LogP contribution in [0.4, 0.5) is 0 Å². The van der Waals surface area contributed by atoms with Gasteiger partial charge in [0.1, 0.15) is 16.9 Å². The summed E-state index contributed by atoms with van der Waals surface area (Å²) in [6.45, 7) is 19.0. The predicted molar refractivity (Wildman–Crippen MR) is 230 cm³/mol. The van der Waals surface area contributed by atoms with E-state index in [1.165, 1.54) is 11.8 Å². The molecule has 0 saturated heterocycles. The SMILES string of the molecule is CC(=O)NCCC(=O)NCCCN(C)CCCNC(=O)CCC(C)(C)OCCC(C)(C)NC(=O)C[C@@H]1N=C(c2ccc(Cl)cc2)c2c(sc(C)c2C)-n2c(C)nnc21. The smallest absolute Gasteiger partial charge is 0.223 e. The zero-order valence-corrected chi connectivity index (χ0v) is 37.2. The quantitative estimate of drug-likeness (QED) is 0.0959. The van der Waals surface area contributed by atoms with Crippen LogP contribution in [0, 0.1) is 20.8 Å². The average Bonchev–Trinajstić information content (AvgIpc) is 3.62. The summed E-state index contributed by atoms with van der Waals surface area (Å²) in [5.41, 5.74) is 2.78. The van der Waals surface area contributed by atoms with Gasteiger partial charge in [-0.3, -0.25) is 28.7 Å². The summed E-state index contributed by atoms with van der Waals surface area (Å²) >= 11 is 7.92. The Bertz CT molecular complexity index is 1920. The van der Waals surface area contributed by atoms with Crippen molar-refractivity contribution in [2.75, 3.05) is 46.4 Å². The van der Waals surface area contributed by atoms with E-state index in [1.54, 1.807) is 11.3 Å². The lowest BCUT2D eigenvalue weighted by molar-refractivity contribution is -0.124. The van der Waals surface area contributed by atoms with E-state index >= 15 is 0 Å². The van der Waals surface area contributed by atoms with Gasteiger partial charge < -0.3 is 30.9 Å². The standard InChI is InChI=1S/C42H62ClN9O5S/c1-27-28(2)58-40-37(27)38(31-12-14-32(43)15-13-31)47-33(39-50-49-29(3)52(39)40)26-36(56)48-41(5,6)19-25-57-42(7,8)18-16-34(54)45-20-10-23-51(9)24-11-21-46-35(55)17-22-44-30(4)53/h12-15,33H,10-11,16-26H2,1-9H3,(H,44,53)(H,45,54)(H,46,55)(H,48,56)/t33-/m0/s1. The van der Waals surface area contributed by atoms with Crippen LogP contribution in [0.15, 0.2) is 29.3 Å². The van der Waals surface area contributed by atoms with E-state index in [0.29, 0.717) is 56.4 Å². The molecule has 58 heavy (non-hydrogen) atoms. The van der Waals surface area contributed by atoms with Crippen LogP contribution in [0.3, 0.4) is 0 Å². The first kappa shape index (κ1) is 46.5. The Kier molecular flexibility index (Phi) is 17.0. The highest BCUT2D eigenvalue weighted by atomic mass is 35.5. The Morgan fingerprint density at radius 2 is 1.52 bits per heavy atom. The molecule has 0 aliphatic carbocycles. The number of hydrogen-bond donors (Lipinski definition) is 4. The fourth-order valence-corrected chi connectivity index (χ4v) is 8.00. The third-order valence-corrected chi connectivity index (χ3v) is 11.6. The highest BCUT2D eigenvalue weighted by Crippen LogP contribution is 2.39. The Morgan fingerprint density at radius 1 is 0.879 bits per heavy atom. The Labute approximate surface area is 352 Å². The van der Waals surface area contributed by atoms with Gasteiger partial charge in [-0.1, -0.05) is 23.7 Å². The molecule has 1 atom stereocenters. The summed E-state index contributed by atoms with van der Waals surface area (Å²) in [4.78, 5) is 57.6. The fourth-order valence-electron chi connectivity index (χ4n) is 6.66. The number of carbonyl (C=O) groups excluding carboxylic acids is 4. The molecule has 1 aliphatic rings. The molecule has 16 heteroatoms. The largest absolute Gasteiger partial charge is 0.375 e. The number of ether oxygens (including phenoxy) is 1. The van der Waals surface area contributed by atoms with Gasteiger partial charge in [0, 0.05) is 72.6 Å². The molecule has 4 rings (SSSR count). The molecule has 0 radical (unpaired) electrons. The van der Waals surface area contributed by atoms with Crippen molar-refractivity contribution in [1.29, 1.82) is 0 Å². The molecular formula is C42H62ClN9O5S. The van der Waals surface area contributed by atoms with Gasteiger partial charge in [0.25, 0.3) is 0 Å². The summed E-state index contributed by atoms with van der Waals surface area (Å²) in [7, 11) is 2.02. The molecule has 0 saturated carbocycles. The summed E-state index contributed by atoms with van der Waals surface area (Å²) in [5.74, 6) is 0.984. The minimum Gasteiger partial charge on any atom is -0.375 e. The summed E-state index contributed by atoms with van der Waals surface area (Å²) in [6.07, 6.45) is 3.47. The Balaban J connectivity index is 1.20. The van der Waals surface area contributed by atoms with Gasteiger partial charge in [-0.15, -0.1) is 21.5 Å². The van der Waals surface area contributed by atoms with E-state index in [4.69, 9.17) is 21.3 Å². The number of fused-ring (bicyclic) bond motifs is 3. The minimum atomic E-state index is -0.566. The van der Waals surface area contributed by atoms with Gasteiger partial charge in [0.2, 0.25) is 23.6 Å². The molecule has 1 aromatic carbocycles. The molecule has 4 amide bonds. The van der Waals surface area contributed by atoms with Gasteiger partial charge in [0.15, 0.2) is 5.82 Å². The van der Waals surface area contributed by atoms with E-state index in [2.05, 4.69) is 50.2 Å². The van der Waals surface area contributed by atoms with E-state index in [1.807, 2.05) is 70.5 Å². The number of nitrogens with zero attached hydrogens (tertiary/aromatic N) is 5. The number of rotatable bonds is 22. The molecule has 0 bridgehead atoms. The predicted octanol–water partition coefficient (Wildman–Crippen LogP) is 5.52. The van der Waals surface area contributed by atoms with Gasteiger partial charge in [0.05, 0.1) is 17.7 Å². The van der Waals surface area contributed by atoms with Crippen molar-refractivity contribution in [3.8, 4) is 5.00 Å². The number of benzene rings is 1. The second-order valence-corrected chi connectivity index (χ2v) is 18.0. The van der Waals surface area contributed by atoms with Crippen molar-refractivity contribution in [2.45, 2.75) is 118 Å². The third-order valence-electron chi connectivity index (χ3n) is 10.2. The number of aryl methyl sites for hydroxylation is 2. The molecule has 3 heterocycles. The molecule has 14 nitrogen and oxygen atoms in total. The Morgan fingerprint density at radius 3 is 2.16 bits per heavy atom. The van der Waals surface area contributed by atoms with Crippen LogP contribution >= 0.6 is 22.9 Å². The first-order chi connectivity index (χ1) is 27.4.